The maximum Gasteiger partial charge on any atom is 0.137 e. The molecule has 2 atom stereocenters. The maximum atomic E-state index is 4.69. The van der Waals surface area contributed by atoms with Crippen molar-refractivity contribution in [2.75, 3.05) is 10.6 Å². The molecule has 0 aliphatic rings. The van der Waals surface area contributed by atoms with Gasteiger partial charge in [-0.15, -0.1) is 0 Å². The first-order valence-electron chi connectivity index (χ1n) is 8.73. The lowest BCUT2D eigenvalue weighted by Gasteiger charge is -2.25. The standard InChI is InChI=1S/C17H25N9/c1-12(2)16(25-10-18-8-20-25)23-14-6-5-7-15(22-14)24-17(13(3)4)26-11-19-9-21-26/h5-13,16-17H,1-4H3,(H2,22,23,24). The van der Waals surface area contributed by atoms with Crippen LogP contribution in [0.3, 0.4) is 0 Å². The van der Waals surface area contributed by atoms with Crippen LogP contribution in [0.4, 0.5) is 11.6 Å². The van der Waals surface area contributed by atoms with E-state index in [4.69, 9.17) is 4.98 Å². The summed E-state index contributed by atoms with van der Waals surface area (Å²) in [5.74, 6) is 2.16. The number of hydrogen-bond acceptors (Lipinski definition) is 7. The van der Waals surface area contributed by atoms with Gasteiger partial charge in [0.25, 0.3) is 0 Å². The highest BCUT2D eigenvalue weighted by molar-refractivity contribution is 5.45. The van der Waals surface area contributed by atoms with Gasteiger partial charge in [-0.25, -0.2) is 24.3 Å². The van der Waals surface area contributed by atoms with Gasteiger partial charge in [0.2, 0.25) is 0 Å². The Bertz CT molecular complexity index is 717. The highest BCUT2D eigenvalue weighted by Crippen LogP contribution is 2.22. The summed E-state index contributed by atoms with van der Waals surface area (Å²) < 4.78 is 3.61. The van der Waals surface area contributed by atoms with Gasteiger partial charge in [0.15, 0.2) is 0 Å². The van der Waals surface area contributed by atoms with Gasteiger partial charge in [0.1, 0.15) is 49.3 Å². The second-order valence-electron chi connectivity index (χ2n) is 6.83. The Morgan fingerprint density at radius 3 is 1.58 bits per heavy atom. The highest BCUT2D eigenvalue weighted by Gasteiger charge is 2.18. The van der Waals surface area contributed by atoms with Crippen molar-refractivity contribution in [3.63, 3.8) is 0 Å². The smallest absolute Gasteiger partial charge is 0.137 e. The van der Waals surface area contributed by atoms with E-state index in [2.05, 4.69) is 58.5 Å². The van der Waals surface area contributed by atoms with Gasteiger partial charge >= 0.3 is 0 Å². The van der Waals surface area contributed by atoms with Crippen LogP contribution in [0.15, 0.2) is 43.5 Å². The lowest BCUT2D eigenvalue weighted by atomic mass is 10.1. The minimum Gasteiger partial charge on any atom is -0.348 e. The molecular formula is C17H25N9. The Morgan fingerprint density at radius 1 is 0.769 bits per heavy atom. The molecule has 9 heteroatoms. The fourth-order valence-electron chi connectivity index (χ4n) is 2.70. The fourth-order valence-corrected chi connectivity index (χ4v) is 2.70. The molecule has 0 fully saturated rings. The van der Waals surface area contributed by atoms with E-state index < -0.39 is 0 Å². The summed E-state index contributed by atoms with van der Waals surface area (Å²) in [6.45, 7) is 8.50. The minimum absolute atomic E-state index is 0.0311. The van der Waals surface area contributed by atoms with Crippen LogP contribution in [0.5, 0.6) is 0 Å². The molecule has 2 unspecified atom stereocenters. The van der Waals surface area contributed by atoms with E-state index in [0.29, 0.717) is 11.8 Å². The lowest BCUT2D eigenvalue weighted by Crippen LogP contribution is -2.26. The zero-order valence-electron chi connectivity index (χ0n) is 15.5. The molecule has 0 aliphatic carbocycles. The Kier molecular flexibility index (Phi) is 5.45. The topological polar surface area (TPSA) is 98.4 Å². The first-order valence-corrected chi connectivity index (χ1v) is 8.73. The number of hydrogen-bond donors (Lipinski definition) is 2. The van der Waals surface area contributed by atoms with Crippen molar-refractivity contribution >= 4 is 11.6 Å². The van der Waals surface area contributed by atoms with Crippen molar-refractivity contribution in [1.29, 1.82) is 0 Å². The number of rotatable bonds is 8. The summed E-state index contributed by atoms with van der Waals surface area (Å²) in [7, 11) is 0. The molecule has 3 rings (SSSR count). The van der Waals surface area contributed by atoms with Gasteiger partial charge < -0.3 is 10.6 Å². The van der Waals surface area contributed by atoms with E-state index >= 15 is 0 Å². The van der Waals surface area contributed by atoms with Gasteiger partial charge in [-0.05, 0) is 24.0 Å². The third kappa shape index (κ3) is 4.16. The van der Waals surface area contributed by atoms with Gasteiger partial charge in [-0.2, -0.15) is 10.2 Å². The Morgan fingerprint density at radius 2 is 1.23 bits per heavy atom. The lowest BCUT2D eigenvalue weighted by molar-refractivity contribution is 0.382. The molecule has 3 heterocycles. The van der Waals surface area contributed by atoms with E-state index in [-0.39, 0.29) is 12.3 Å². The summed E-state index contributed by atoms with van der Waals surface area (Å²) >= 11 is 0. The summed E-state index contributed by atoms with van der Waals surface area (Å²) in [4.78, 5) is 12.8. The van der Waals surface area contributed by atoms with Crippen molar-refractivity contribution in [3.8, 4) is 0 Å². The molecule has 3 aromatic rings. The number of pyridine rings is 1. The summed E-state index contributed by atoms with van der Waals surface area (Å²) in [5, 5.41) is 15.4. The quantitative estimate of drug-likeness (QED) is 0.641. The van der Waals surface area contributed by atoms with Crippen molar-refractivity contribution in [1.82, 2.24) is 34.5 Å². The van der Waals surface area contributed by atoms with E-state index in [1.165, 1.54) is 12.7 Å². The second-order valence-corrected chi connectivity index (χ2v) is 6.83. The molecule has 0 radical (unpaired) electrons. The van der Waals surface area contributed by atoms with E-state index in [1.54, 1.807) is 22.0 Å². The molecule has 138 valence electrons. The number of nitrogens with one attached hydrogen (secondary N) is 2. The van der Waals surface area contributed by atoms with Gasteiger partial charge in [-0.1, -0.05) is 33.8 Å². The molecule has 0 saturated heterocycles. The predicted octanol–water partition coefficient (Wildman–Crippen LogP) is 2.80. The molecule has 0 bridgehead atoms. The monoisotopic (exact) mass is 355 g/mol. The average molecular weight is 355 g/mol. The van der Waals surface area contributed by atoms with E-state index in [9.17, 15) is 0 Å². The van der Waals surface area contributed by atoms with Gasteiger partial charge in [0, 0.05) is 0 Å². The number of anilines is 2. The summed E-state index contributed by atoms with van der Waals surface area (Å²) in [6.07, 6.45) is 6.42. The van der Waals surface area contributed by atoms with Crippen molar-refractivity contribution in [2.45, 2.75) is 40.0 Å². The highest BCUT2D eigenvalue weighted by atomic mass is 15.4. The Balaban J connectivity index is 1.77. The second kappa shape index (κ2) is 7.94. The summed E-state index contributed by atoms with van der Waals surface area (Å²) in [5.41, 5.74) is 0. The van der Waals surface area contributed by atoms with Gasteiger partial charge in [-0.3, -0.25) is 0 Å². The van der Waals surface area contributed by atoms with Crippen molar-refractivity contribution < 1.29 is 0 Å². The predicted molar refractivity (Wildman–Crippen MR) is 99.3 cm³/mol. The van der Waals surface area contributed by atoms with Crippen LogP contribution in [-0.2, 0) is 0 Å². The van der Waals surface area contributed by atoms with Crippen LogP contribution in [0.2, 0.25) is 0 Å². The average Bonchev–Trinajstić information content (AvgIpc) is 3.31. The summed E-state index contributed by atoms with van der Waals surface area (Å²) in [6, 6.07) is 5.85. The van der Waals surface area contributed by atoms with Crippen LogP contribution in [0, 0.1) is 11.8 Å². The first kappa shape index (κ1) is 17.8. The van der Waals surface area contributed by atoms with Crippen LogP contribution in [0.25, 0.3) is 0 Å². The Labute approximate surface area is 152 Å². The SMILES string of the molecule is CC(C)C(Nc1cccc(NC(C(C)C)n2cncn2)n1)n1cncn1. The zero-order valence-corrected chi connectivity index (χ0v) is 15.5. The zero-order chi connectivity index (χ0) is 18.5. The number of aromatic nitrogens is 7. The van der Waals surface area contributed by atoms with Crippen LogP contribution in [0.1, 0.15) is 40.0 Å². The molecular weight excluding hydrogens is 330 g/mol. The molecule has 0 aliphatic heterocycles. The molecule has 9 nitrogen and oxygen atoms in total. The van der Waals surface area contributed by atoms with Crippen LogP contribution in [-0.4, -0.2) is 34.5 Å². The Hall–Kier alpha value is -2.97. The molecule has 3 aromatic heterocycles. The fraction of sp³-hybridized carbons (Fsp3) is 0.471. The van der Waals surface area contributed by atoms with Crippen molar-refractivity contribution in [2.24, 2.45) is 11.8 Å². The molecule has 0 aromatic carbocycles. The van der Waals surface area contributed by atoms with Crippen LogP contribution >= 0.6 is 0 Å². The molecule has 0 amide bonds. The molecule has 2 N–H and O–H groups in total. The van der Waals surface area contributed by atoms with Crippen LogP contribution < -0.4 is 10.6 Å². The third-order valence-corrected chi connectivity index (χ3v) is 4.05. The molecule has 0 spiro atoms. The van der Waals surface area contributed by atoms with Crippen molar-refractivity contribution in [3.05, 3.63) is 43.5 Å². The maximum absolute atomic E-state index is 4.69. The normalized spacial score (nSPS) is 13.8. The first-order chi connectivity index (χ1) is 12.5. The molecule has 0 saturated carbocycles. The molecule has 26 heavy (non-hydrogen) atoms. The van der Waals surface area contributed by atoms with Gasteiger partial charge in [0.05, 0.1) is 0 Å². The third-order valence-electron chi connectivity index (χ3n) is 4.05. The number of nitrogens with zero attached hydrogens (tertiary/aromatic N) is 7. The van der Waals surface area contributed by atoms with E-state index in [0.717, 1.165) is 11.6 Å². The largest absolute Gasteiger partial charge is 0.348 e. The van der Waals surface area contributed by atoms with E-state index in [1.807, 2.05) is 18.2 Å². The minimum atomic E-state index is -0.0311.